The predicted octanol–water partition coefficient (Wildman–Crippen LogP) is 5.22. The number of ether oxygens (including phenoxy) is 1. The van der Waals surface area contributed by atoms with E-state index in [4.69, 9.17) is 9.84 Å². The minimum Gasteiger partial charge on any atom is -0.508 e. The molecule has 0 saturated heterocycles. The second kappa shape index (κ2) is 9.92. The van der Waals surface area contributed by atoms with Gasteiger partial charge in [-0.25, -0.2) is 0 Å². The van der Waals surface area contributed by atoms with E-state index in [1.807, 2.05) is 66.7 Å². The maximum atomic E-state index is 12.3. The third-order valence-corrected chi connectivity index (χ3v) is 5.46. The standard InChI is InChI=1S/C28H23NO5/c1-34-24-16-15-23(18-11-13-22(30)14-12-18)26(27(24)19-5-3-2-4-6-19)20-7-9-21(10-8-20)28(33)29-17-25(31)32/h2-16,30H,17H2,1H3,(H,29,33)(H,31,32). The Bertz CT molecular complexity index is 1310. The summed E-state index contributed by atoms with van der Waals surface area (Å²) in [5.41, 5.74) is 5.85. The fraction of sp³-hybridized carbons (Fsp3) is 0.0714. The van der Waals surface area contributed by atoms with Crippen LogP contribution >= 0.6 is 0 Å². The molecule has 3 N–H and O–H groups in total. The molecule has 34 heavy (non-hydrogen) atoms. The van der Waals surface area contributed by atoms with E-state index < -0.39 is 18.4 Å². The van der Waals surface area contributed by atoms with Crippen molar-refractivity contribution in [1.29, 1.82) is 0 Å². The fourth-order valence-electron chi connectivity index (χ4n) is 3.87. The van der Waals surface area contributed by atoms with Gasteiger partial charge >= 0.3 is 5.97 Å². The lowest BCUT2D eigenvalue weighted by atomic mass is 9.86. The number of phenolic OH excluding ortho intramolecular Hbond substituents is 1. The molecule has 6 nitrogen and oxygen atoms in total. The second-order valence-corrected chi connectivity index (χ2v) is 7.63. The minimum absolute atomic E-state index is 0.179. The number of carboxylic acid groups (broad SMARTS) is 1. The van der Waals surface area contributed by atoms with Gasteiger partial charge in [0.25, 0.3) is 5.91 Å². The van der Waals surface area contributed by atoms with Crippen LogP contribution in [0.4, 0.5) is 0 Å². The summed E-state index contributed by atoms with van der Waals surface area (Å²) in [7, 11) is 1.63. The van der Waals surface area contributed by atoms with E-state index in [9.17, 15) is 14.7 Å². The molecule has 6 heteroatoms. The molecule has 0 aliphatic heterocycles. The van der Waals surface area contributed by atoms with Crippen LogP contribution in [0.2, 0.25) is 0 Å². The Hall–Kier alpha value is -4.58. The first-order valence-corrected chi connectivity index (χ1v) is 10.6. The van der Waals surface area contributed by atoms with Crippen molar-refractivity contribution >= 4 is 11.9 Å². The molecule has 0 saturated carbocycles. The number of hydrogen-bond acceptors (Lipinski definition) is 4. The smallest absolute Gasteiger partial charge is 0.322 e. The maximum Gasteiger partial charge on any atom is 0.322 e. The molecule has 4 rings (SSSR count). The molecule has 0 aliphatic rings. The highest BCUT2D eigenvalue weighted by atomic mass is 16.5. The first kappa shape index (κ1) is 22.6. The van der Waals surface area contributed by atoms with Gasteiger partial charge < -0.3 is 20.3 Å². The maximum absolute atomic E-state index is 12.3. The Labute approximate surface area is 197 Å². The number of carbonyl (C=O) groups excluding carboxylic acids is 1. The summed E-state index contributed by atoms with van der Waals surface area (Å²) >= 11 is 0. The highest BCUT2D eigenvalue weighted by Gasteiger charge is 2.19. The van der Waals surface area contributed by atoms with E-state index in [0.29, 0.717) is 11.3 Å². The molecular formula is C28H23NO5. The van der Waals surface area contributed by atoms with Crippen LogP contribution < -0.4 is 10.1 Å². The number of phenols is 1. The zero-order valence-corrected chi connectivity index (χ0v) is 18.5. The zero-order chi connectivity index (χ0) is 24.1. The summed E-state index contributed by atoms with van der Waals surface area (Å²) in [4.78, 5) is 23.0. The number of carboxylic acids is 1. The van der Waals surface area contributed by atoms with Crippen molar-refractivity contribution < 1.29 is 24.5 Å². The zero-order valence-electron chi connectivity index (χ0n) is 18.5. The summed E-state index contributed by atoms with van der Waals surface area (Å²) in [6.07, 6.45) is 0. The van der Waals surface area contributed by atoms with Crippen LogP contribution in [0, 0.1) is 0 Å². The summed E-state index contributed by atoms with van der Waals surface area (Å²) in [5.74, 6) is -0.681. The number of methoxy groups -OCH3 is 1. The van der Waals surface area contributed by atoms with Crippen molar-refractivity contribution in [2.45, 2.75) is 0 Å². The molecule has 1 amide bonds. The van der Waals surface area contributed by atoms with Gasteiger partial charge in [-0.2, -0.15) is 0 Å². The first-order valence-electron chi connectivity index (χ1n) is 10.6. The van der Waals surface area contributed by atoms with Gasteiger partial charge in [0.2, 0.25) is 0 Å². The first-order chi connectivity index (χ1) is 16.5. The molecule has 0 fully saturated rings. The van der Waals surface area contributed by atoms with E-state index in [-0.39, 0.29) is 5.75 Å². The molecule has 0 bridgehead atoms. The van der Waals surface area contributed by atoms with Crippen LogP contribution in [-0.4, -0.2) is 35.7 Å². The molecule has 0 aliphatic carbocycles. The summed E-state index contributed by atoms with van der Waals surface area (Å²) in [6.45, 7) is -0.445. The fourth-order valence-corrected chi connectivity index (χ4v) is 3.87. The molecule has 0 spiro atoms. The van der Waals surface area contributed by atoms with E-state index in [1.165, 1.54) is 0 Å². The van der Waals surface area contributed by atoms with Gasteiger partial charge in [0.1, 0.15) is 18.0 Å². The minimum atomic E-state index is -1.10. The normalized spacial score (nSPS) is 10.5. The quantitative estimate of drug-likeness (QED) is 0.357. The Balaban J connectivity index is 1.89. The molecule has 0 atom stereocenters. The monoisotopic (exact) mass is 453 g/mol. The number of hydrogen-bond donors (Lipinski definition) is 3. The van der Waals surface area contributed by atoms with E-state index in [1.54, 1.807) is 31.4 Å². The van der Waals surface area contributed by atoms with Crippen molar-refractivity contribution in [3.63, 3.8) is 0 Å². The Morgan fingerprint density at radius 2 is 1.38 bits per heavy atom. The number of rotatable bonds is 7. The average molecular weight is 453 g/mol. The number of benzene rings is 4. The molecule has 0 aromatic heterocycles. The lowest BCUT2D eigenvalue weighted by molar-refractivity contribution is -0.135. The van der Waals surface area contributed by atoms with Crippen molar-refractivity contribution in [2.75, 3.05) is 13.7 Å². The van der Waals surface area contributed by atoms with Crippen LogP contribution in [0.15, 0.2) is 91.0 Å². The molecule has 0 unspecified atom stereocenters. The van der Waals surface area contributed by atoms with Gasteiger partial charge in [-0.3, -0.25) is 9.59 Å². The number of carbonyl (C=O) groups is 2. The van der Waals surface area contributed by atoms with Crippen molar-refractivity contribution in [1.82, 2.24) is 5.32 Å². The van der Waals surface area contributed by atoms with E-state index in [0.717, 1.165) is 33.4 Å². The lowest BCUT2D eigenvalue weighted by Gasteiger charge is -2.19. The topological polar surface area (TPSA) is 95.9 Å². The van der Waals surface area contributed by atoms with E-state index in [2.05, 4.69) is 5.32 Å². The van der Waals surface area contributed by atoms with Gasteiger partial charge in [0, 0.05) is 16.7 Å². The number of amides is 1. The predicted molar refractivity (Wildman–Crippen MR) is 131 cm³/mol. The van der Waals surface area contributed by atoms with Crippen LogP contribution in [0.1, 0.15) is 10.4 Å². The summed E-state index contributed by atoms with van der Waals surface area (Å²) in [6, 6.07) is 27.8. The van der Waals surface area contributed by atoms with Crippen molar-refractivity contribution in [3.05, 3.63) is 96.6 Å². The van der Waals surface area contributed by atoms with Gasteiger partial charge in [-0.05, 0) is 52.6 Å². The SMILES string of the molecule is COc1ccc(-c2ccc(O)cc2)c(-c2ccc(C(=O)NCC(=O)O)cc2)c1-c1ccccc1. The second-order valence-electron chi connectivity index (χ2n) is 7.63. The van der Waals surface area contributed by atoms with Crippen LogP contribution in [0.25, 0.3) is 33.4 Å². The van der Waals surface area contributed by atoms with Crippen molar-refractivity contribution in [2.24, 2.45) is 0 Å². The molecule has 4 aromatic rings. The lowest BCUT2D eigenvalue weighted by Crippen LogP contribution is -2.29. The van der Waals surface area contributed by atoms with Gasteiger partial charge in [-0.1, -0.05) is 60.7 Å². The highest BCUT2D eigenvalue weighted by Crippen LogP contribution is 2.45. The van der Waals surface area contributed by atoms with Gasteiger partial charge in [0.05, 0.1) is 7.11 Å². The Kier molecular flexibility index (Phi) is 6.59. The third-order valence-electron chi connectivity index (χ3n) is 5.46. The molecular weight excluding hydrogens is 430 g/mol. The number of aliphatic carboxylic acids is 1. The van der Waals surface area contributed by atoms with Crippen LogP contribution in [0.3, 0.4) is 0 Å². The van der Waals surface area contributed by atoms with Gasteiger partial charge in [-0.15, -0.1) is 0 Å². The summed E-state index contributed by atoms with van der Waals surface area (Å²) < 4.78 is 5.73. The largest absolute Gasteiger partial charge is 0.508 e. The molecule has 0 heterocycles. The van der Waals surface area contributed by atoms with Gasteiger partial charge in [0.15, 0.2) is 0 Å². The van der Waals surface area contributed by atoms with Crippen LogP contribution in [0.5, 0.6) is 11.5 Å². The Morgan fingerprint density at radius 3 is 2.00 bits per heavy atom. The highest BCUT2D eigenvalue weighted by molar-refractivity contribution is 5.99. The molecule has 0 radical (unpaired) electrons. The molecule has 4 aromatic carbocycles. The Morgan fingerprint density at radius 1 is 0.765 bits per heavy atom. The average Bonchev–Trinajstić information content (AvgIpc) is 2.87. The van der Waals surface area contributed by atoms with Crippen LogP contribution in [-0.2, 0) is 4.79 Å². The third kappa shape index (κ3) is 4.76. The van der Waals surface area contributed by atoms with Crippen molar-refractivity contribution in [3.8, 4) is 44.9 Å². The summed E-state index contributed by atoms with van der Waals surface area (Å²) in [5, 5.41) is 20.9. The number of aromatic hydroxyl groups is 1. The molecule has 170 valence electrons. The number of nitrogens with one attached hydrogen (secondary N) is 1. The van der Waals surface area contributed by atoms with E-state index >= 15 is 0 Å².